The smallest absolute Gasteiger partial charge is 0.254 e. The SMILES string of the molecule is CCc1nc(-c2ccc(O)cc2)[nH]c(=O)c1C. The molecule has 0 saturated heterocycles. The van der Waals surface area contributed by atoms with E-state index in [0.717, 1.165) is 17.7 Å². The van der Waals surface area contributed by atoms with Gasteiger partial charge in [-0.2, -0.15) is 0 Å². The Bertz CT molecular complexity index is 585. The van der Waals surface area contributed by atoms with E-state index in [4.69, 9.17) is 0 Å². The summed E-state index contributed by atoms with van der Waals surface area (Å²) >= 11 is 0. The van der Waals surface area contributed by atoms with Gasteiger partial charge in [0.2, 0.25) is 0 Å². The van der Waals surface area contributed by atoms with Crippen LogP contribution in [0.3, 0.4) is 0 Å². The van der Waals surface area contributed by atoms with Crippen LogP contribution < -0.4 is 5.56 Å². The van der Waals surface area contributed by atoms with Crippen molar-refractivity contribution >= 4 is 0 Å². The molecule has 0 bridgehead atoms. The highest BCUT2D eigenvalue weighted by molar-refractivity contribution is 5.56. The number of aromatic amines is 1. The topological polar surface area (TPSA) is 66.0 Å². The lowest BCUT2D eigenvalue weighted by Gasteiger charge is -2.05. The molecule has 0 amide bonds. The van der Waals surface area contributed by atoms with Gasteiger partial charge in [0.25, 0.3) is 5.56 Å². The Hall–Kier alpha value is -2.10. The second-order valence-corrected chi connectivity index (χ2v) is 3.89. The number of hydrogen-bond acceptors (Lipinski definition) is 3. The number of H-pyrrole nitrogens is 1. The second kappa shape index (κ2) is 4.41. The molecule has 0 aliphatic rings. The van der Waals surface area contributed by atoms with Crippen molar-refractivity contribution in [2.45, 2.75) is 20.3 Å². The number of hydrogen-bond donors (Lipinski definition) is 2. The van der Waals surface area contributed by atoms with Crippen LogP contribution in [0.5, 0.6) is 5.75 Å². The molecule has 0 spiro atoms. The fraction of sp³-hybridized carbons (Fsp3) is 0.231. The molecule has 0 fully saturated rings. The second-order valence-electron chi connectivity index (χ2n) is 3.89. The molecule has 0 atom stereocenters. The molecule has 17 heavy (non-hydrogen) atoms. The first-order valence-corrected chi connectivity index (χ1v) is 5.51. The molecule has 0 saturated carbocycles. The quantitative estimate of drug-likeness (QED) is 0.829. The zero-order valence-corrected chi connectivity index (χ0v) is 9.82. The molecular formula is C13H14N2O2. The standard InChI is InChI=1S/C13H14N2O2/c1-3-11-8(2)13(17)15-12(14-11)9-4-6-10(16)7-5-9/h4-7,16H,3H2,1-2H3,(H,14,15,17). The summed E-state index contributed by atoms with van der Waals surface area (Å²) in [5, 5.41) is 9.21. The molecule has 1 heterocycles. The number of benzene rings is 1. The average Bonchev–Trinajstić information content (AvgIpc) is 2.33. The van der Waals surface area contributed by atoms with E-state index in [9.17, 15) is 9.90 Å². The highest BCUT2D eigenvalue weighted by atomic mass is 16.3. The highest BCUT2D eigenvalue weighted by Crippen LogP contribution is 2.18. The van der Waals surface area contributed by atoms with E-state index in [0.29, 0.717) is 11.4 Å². The highest BCUT2D eigenvalue weighted by Gasteiger charge is 2.07. The Balaban J connectivity index is 2.56. The van der Waals surface area contributed by atoms with E-state index in [1.54, 1.807) is 31.2 Å². The number of phenols is 1. The molecule has 4 heteroatoms. The summed E-state index contributed by atoms with van der Waals surface area (Å²) < 4.78 is 0. The monoisotopic (exact) mass is 230 g/mol. The van der Waals surface area contributed by atoms with Gasteiger partial charge in [-0.05, 0) is 37.6 Å². The molecule has 0 aliphatic carbocycles. The number of aryl methyl sites for hydroxylation is 1. The van der Waals surface area contributed by atoms with Crippen LogP contribution in [0.1, 0.15) is 18.2 Å². The van der Waals surface area contributed by atoms with Crippen molar-refractivity contribution in [3.8, 4) is 17.1 Å². The lowest BCUT2D eigenvalue weighted by Crippen LogP contribution is -2.15. The number of nitrogens with zero attached hydrogens (tertiary/aromatic N) is 1. The van der Waals surface area contributed by atoms with E-state index in [-0.39, 0.29) is 11.3 Å². The van der Waals surface area contributed by atoms with Crippen molar-refractivity contribution in [2.75, 3.05) is 0 Å². The van der Waals surface area contributed by atoms with E-state index < -0.39 is 0 Å². The van der Waals surface area contributed by atoms with Gasteiger partial charge in [-0.15, -0.1) is 0 Å². The van der Waals surface area contributed by atoms with Crippen LogP contribution in [0.4, 0.5) is 0 Å². The fourth-order valence-corrected chi connectivity index (χ4v) is 1.68. The molecule has 1 aromatic heterocycles. The average molecular weight is 230 g/mol. The van der Waals surface area contributed by atoms with Crippen LogP contribution in [0.15, 0.2) is 29.1 Å². The summed E-state index contributed by atoms with van der Waals surface area (Å²) in [6, 6.07) is 6.59. The lowest BCUT2D eigenvalue weighted by molar-refractivity contribution is 0.475. The van der Waals surface area contributed by atoms with Crippen molar-refractivity contribution < 1.29 is 5.11 Å². The molecule has 2 aromatic rings. The number of aromatic hydroxyl groups is 1. The zero-order valence-electron chi connectivity index (χ0n) is 9.82. The Labute approximate surface area is 99.0 Å². The minimum atomic E-state index is -0.111. The van der Waals surface area contributed by atoms with Gasteiger partial charge in [0.1, 0.15) is 11.6 Å². The van der Waals surface area contributed by atoms with Gasteiger partial charge in [-0.3, -0.25) is 4.79 Å². The molecule has 0 radical (unpaired) electrons. The van der Waals surface area contributed by atoms with E-state index >= 15 is 0 Å². The predicted molar refractivity (Wildman–Crippen MR) is 66.1 cm³/mol. The van der Waals surface area contributed by atoms with E-state index in [2.05, 4.69) is 9.97 Å². The first kappa shape index (κ1) is 11.4. The third kappa shape index (κ3) is 2.20. The summed E-state index contributed by atoms with van der Waals surface area (Å²) in [5.41, 5.74) is 2.14. The van der Waals surface area contributed by atoms with Gasteiger partial charge in [-0.1, -0.05) is 6.92 Å². The van der Waals surface area contributed by atoms with Crippen molar-refractivity contribution in [1.29, 1.82) is 0 Å². The molecule has 0 unspecified atom stereocenters. The van der Waals surface area contributed by atoms with Crippen molar-refractivity contribution in [3.63, 3.8) is 0 Å². The maximum Gasteiger partial charge on any atom is 0.254 e. The van der Waals surface area contributed by atoms with Gasteiger partial charge in [0, 0.05) is 11.1 Å². The minimum Gasteiger partial charge on any atom is -0.508 e. The largest absolute Gasteiger partial charge is 0.508 e. The van der Waals surface area contributed by atoms with Crippen molar-refractivity contribution in [3.05, 3.63) is 45.9 Å². The minimum absolute atomic E-state index is 0.111. The first-order valence-electron chi connectivity index (χ1n) is 5.51. The number of rotatable bonds is 2. The van der Waals surface area contributed by atoms with Gasteiger partial charge >= 0.3 is 0 Å². The number of nitrogens with one attached hydrogen (secondary N) is 1. The van der Waals surface area contributed by atoms with Gasteiger partial charge in [0.05, 0.1) is 5.69 Å². The first-order chi connectivity index (χ1) is 8.11. The van der Waals surface area contributed by atoms with Crippen LogP contribution in [0, 0.1) is 6.92 Å². The summed E-state index contributed by atoms with van der Waals surface area (Å²) in [6.07, 6.45) is 0.723. The molecule has 1 aromatic carbocycles. The zero-order chi connectivity index (χ0) is 12.4. The van der Waals surface area contributed by atoms with Crippen molar-refractivity contribution in [2.24, 2.45) is 0 Å². The summed E-state index contributed by atoms with van der Waals surface area (Å²) in [5.74, 6) is 0.733. The summed E-state index contributed by atoms with van der Waals surface area (Å²) in [7, 11) is 0. The van der Waals surface area contributed by atoms with Crippen LogP contribution in [0.25, 0.3) is 11.4 Å². The third-order valence-electron chi connectivity index (χ3n) is 2.73. The maximum absolute atomic E-state index is 11.7. The van der Waals surface area contributed by atoms with Crippen LogP contribution in [-0.4, -0.2) is 15.1 Å². The van der Waals surface area contributed by atoms with Crippen molar-refractivity contribution in [1.82, 2.24) is 9.97 Å². The van der Waals surface area contributed by atoms with E-state index in [1.165, 1.54) is 0 Å². The normalized spacial score (nSPS) is 10.5. The molecule has 2 N–H and O–H groups in total. The van der Waals surface area contributed by atoms with E-state index in [1.807, 2.05) is 6.92 Å². The van der Waals surface area contributed by atoms with Crippen LogP contribution >= 0.6 is 0 Å². The number of aromatic nitrogens is 2. The molecular weight excluding hydrogens is 216 g/mol. The molecule has 88 valence electrons. The van der Waals surface area contributed by atoms with Crippen LogP contribution in [-0.2, 0) is 6.42 Å². The fourth-order valence-electron chi connectivity index (χ4n) is 1.68. The maximum atomic E-state index is 11.7. The van der Waals surface area contributed by atoms with Crippen LogP contribution in [0.2, 0.25) is 0 Å². The summed E-state index contributed by atoms with van der Waals surface area (Å²) in [6.45, 7) is 3.74. The predicted octanol–water partition coefficient (Wildman–Crippen LogP) is 2.01. The Kier molecular flexibility index (Phi) is 2.95. The Morgan fingerprint density at radius 3 is 2.53 bits per heavy atom. The van der Waals surface area contributed by atoms with Gasteiger partial charge in [0.15, 0.2) is 0 Å². The molecule has 4 nitrogen and oxygen atoms in total. The Morgan fingerprint density at radius 2 is 1.94 bits per heavy atom. The Morgan fingerprint density at radius 1 is 1.29 bits per heavy atom. The van der Waals surface area contributed by atoms with Gasteiger partial charge in [-0.25, -0.2) is 4.98 Å². The molecule has 0 aliphatic heterocycles. The molecule has 2 rings (SSSR count). The number of phenolic OH excluding ortho intramolecular Hbond substituents is 1. The summed E-state index contributed by atoms with van der Waals surface area (Å²) in [4.78, 5) is 18.9. The van der Waals surface area contributed by atoms with Gasteiger partial charge < -0.3 is 10.1 Å². The third-order valence-corrected chi connectivity index (χ3v) is 2.73. The lowest BCUT2D eigenvalue weighted by atomic mass is 10.1.